The van der Waals surface area contributed by atoms with Gasteiger partial charge < -0.3 is 19.9 Å². The Bertz CT molecular complexity index is 1100. The molecule has 0 fully saturated rings. The first-order valence-electron chi connectivity index (χ1n) is 10.4. The number of anilines is 1. The van der Waals surface area contributed by atoms with Crippen molar-refractivity contribution in [2.45, 2.75) is 13.1 Å². The van der Waals surface area contributed by atoms with Gasteiger partial charge in [-0.25, -0.2) is 13.6 Å². The van der Waals surface area contributed by atoms with Crippen molar-refractivity contribution in [2.75, 3.05) is 32.1 Å². The van der Waals surface area contributed by atoms with E-state index in [4.69, 9.17) is 16.3 Å². The third kappa shape index (κ3) is 7.51. The van der Waals surface area contributed by atoms with Gasteiger partial charge in [0, 0.05) is 30.8 Å². The number of nitrogens with zero attached hydrogens (tertiary/aromatic N) is 2. The van der Waals surface area contributed by atoms with Gasteiger partial charge in [0.15, 0.2) is 0 Å². The molecule has 1 aromatic heterocycles. The Hall–Kier alpha value is -3.01. The fourth-order valence-corrected chi connectivity index (χ4v) is 4.03. The summed E-state index contributed by atoms with van der Waals surface area (Å²) in [5, 5.41) is 4.43. The molecule has 0 saturated carbocycles. The van der Waals surface area contributed by atoms with Crippen LogP contribution in [0.1, 0.15) is 10.4 Å². The first-order valence-corrected chi connectivity index (χ1v) is 11.7. The minimum absolute atomic E-state index is 0.126. The molecule has 0 radical (unpaired) electrons. The number of rotatable bonds is 10. The summed E-state index contributed by atoms with van der Waals surface area (Å²) in [5.74, 6) is -1.25. The van der Waals surface area contributed by atoms with Gasteiger partial charge in [-0.2, -0.15) is 0 Å². The largest absolute Gasteiger partial charge is 0.383 e. The number of methoxy groups -OCH3 is 1. The molecule has 0 aliphatic carbocycles. The maximum absolute atomic E-state index is 13.4. The summed E-state index contributed by atoms with van der Waals surface area (Å²) in [4.78, 5) is 30.1. The van der Waals surface area contributed by atoms with Crippen molar-refractivity contribution in [3.8, 4) is 0 Å². The third-order valence-electron chi connectivity index (χ3n) is 4.92. The van der Waals surface area contributed by atoms with E-state index in [1.54, 1.807) is 17.0 Å². The Balaban J connectivity index is 1.75. The van der Waals surface area contributed by atoms with Crippen molar-refractivity contribution in [1.82, 2.24) is 9.80 Å². The van der Waals surface area contributed by atoms with Crippen LogP contribution in [0.25, 0.3) is 0 Å². The molecule has 0 unspecified atom stereocenters. The molecule has 3 rings (SSSR count). The highest BCUT2D eigenvalue weighted by molar-refractivity contribution is 7.09. The SMILES string of the molecule is COCCN(CC(=O)N(Cc1ccc(F)cc1)Cc1cccs1)C(=O)Nc1ccc(F)c(Cl)c1. The molecule has 1 heterocycles. The van der Waals surface area contributed by atoms with Gasteiger partial charge in [-0.3, -0.25) is 4.79 Å². The van der Waals surface area contributed by atoms with E-state index in [1.807, 2.05) is 17.5 Å². The van der Waals surface area contributed by atoms with Crippen LogP contribution in [0.15, 0.2) is 60.0 Å². The quantitative estimate of drug-likeness (QED) is 0.400. The van der Waals surface area contributed by atoms with Gasteiger partial charge in [0.1, 0.15) is 18.2 Å². The van der Waals surface area contributed by atoms with Crippen LogP contribution in [0, 0.1) is 11.6 Å². The summed E-state index contributed by atoms with van der Waals surface area (Å²) in [6.45, 7) is 0.766. The predicted octanol–water partition coefficient (Wildman–Crippen LogP) is 5.39. The van der Waals surface area contributed by atoms with Crippen LogP contribution < -0.4 is 5.32 Å². The van der Waals surface area contributed by atoms with E-state index in [9.17, 15) is 18.4 Å². The number of thiophene rings is 1. The number of urea groups is 1. The van der Waals surface area contributed by atoms with Crippen LogP contribution in [0.2, 0.25) is 5.02 Å². The highest BCUT2D eigenvalue weighted by Crippen LogP contribution is 2.20. The second kappa shape index (κ2) is 12.5. The number of carbonyl (C=O) groups excluding carboxylic acids is 2. The summed E-state index contributed by atoms with van der Waals surface area (Å²) in [6, 6.07) is 13.0. The normalized spacial score (nSPS) is 10.7. The Labute approximate surface area is 205 Å². The zero-order chi connectivity index (χ0) is 24.5. The second-order valence-corrected chi connectivity index (χ2v) is 8.87. The van der Waals surface area contributed by atoms with E-state index in [-0.39, 0.29) is 43.0 Å². The highest BCUT2D eigenvalue weighted by atomic mass is 35.5. The minimum atomic E-state index is -0.601. The number of amides is 3. The van der Waals surface area contributed by atoms with Crippen LogP contribution in [0.3, 0.4) is 0 Å². The Morgan fingerprint density at radius 3 is 2.47 bits per heavy atom. The molecular formula is C24H24ClF2N3O3S. The molecular weight excluding hydrogens is 484 g/mol. The van der Waals surface area contributed by atoms with Crippen molar-refractivity contribution in [1.29, 1.82) is 0 Å². The van der Waals surface area contributed by atoms with E-state index < -0.39 is 11.8 Å². The van der Waals surface area contributed by atoms with E-state index in [2.05, 4.69) is 5.32 Å². The van der Waals surface area contributed by atoms with Crippen LogP contribution in [0.4, 0.5) is 19.3 Å². The lowest BCUT2D eigenvalue weighted by Crippen LogP contribution is -2.45. The van der Waals surface area contributed by atoms with Crippen molar-refractivity contribution < 1.29 is 23.1 Å². The predicted molar refractivity (Wildman–Crippen MR) is 129 cm³/mol. The fourth-order valence-electron chi connectivity index (χ4n) is 3.13. The molecule has 0 atom stereocenters. The molecule has 0 saturated heterocycles. The monoisotopic (exact) mass is 507 g/mol. The summed E-state index contributed by atoms with van der Waals surface area (Å²) in [7, 11) is 1.50. The summed E-state index contributed by atoms with van der Waals surface area (Å²) >= 11 is 7.31. The first kappa shape index (κ1) is 25.6. The third-order valence-corrected chi connectivity index (χ3v) is 6.07. The average molecular weight is 508 g/mol. The van der Waals surface area contributed by atoms with E-state index >= 15 is 0 Å². The number of benzene rings is 2. The maximum atomic E-state index is 13.4. The molecule has 0 aliphatic rings. The van der Waals surface area contributed by atoms with Gasteiger partial charge >= 0.3 is 6.03 Å². The Morgan fingerprint density at radius 2 is 1.82 bits per heavy atom. The molecule has 0 aliphatic heterocycles. The molecule has 2 aromatic carbocycles. The van der Waals surface area contributed by atoms with Crippen LogP contribution in [0.5, 0.6) is 0 Å². The summed E-state index contributed by atoms with van der Waals surface area (Å²) in [6.07, 6.45) is 0. The molecule has 34 heavy (non-hydrogen) atoms. The zero-order valence-corrected chi connectivity index (χ0v) is 20.0. The molecule has 180 valence electrons. The average Bonchev–Trinajstić information content (AvgIpc) is 3.33. The van der Waals surface area contributed by atoms with Gasteiger partial charge in [0.25, 0.3) is 0 Å². The second-order valence-electron chi connectivity index (χ2n) is 7.43. The topological polar surface area (TPSA) is 61.9 Å². The van der Waals surface area contributed by atoms with E-state index in [0.29, 0.717) is 12.2 Å². The number of halogens is 3. The van der Waals surface area contributed by atoms with Gasteiger partial charge in [-0.15, -0.1) is 11.3 Å². The lowest BCUT2D eigenvalue weighted by Gasteiger charge is -2.27. The molecule has 10 heteroatoms. The van der Waals surface area contributed by atoms with Gasteiger partial charge in [-0.1, -0.05) is 29.8 Å². The Morgan fingerprint density at radius 1 is 1.06 bits per heavy atom. The lowest BCUT2D eigenvalue weighted by molar-refractivity contribution is -0.133. The number of hydrogen-bond donors (Lipinski definition) is 1. The van der Waals surface area contributed by atoms with E-state index in [0.717, 1.165) is 16.5 Å². The van der Waals surface area contributed by atoms with Crippen molar-refractivity contribution in [2.24, 2.45) is 0 Å². The van der Waals surface area contributed by atoms with Gasteiger partial charge in [0.2, 0.25) is 5.91 Å². The van der Waals surface area contributed by atoms with Gasteiger partial charge in [-0.05, 0) is 47.3 Å². The molecule has 0 bridgehead atoms. The molecule has 1 N–H and O–H groups in total. The van der Waals surface area contributed by atoms with E-state index in [1.165, 1.54) is 47.6 Å². The minimum Gasteiger partial charge on any atom is -0.383 e. The first-order chi connectivity index (χ1) is 16.4. The number of hydrogen-bond acceptors (Lipinski definition) is 4. The van der Waals surface area contributed by atoms with Crippen molar-refractivity contribution >= 4 is 40.6 Å². The van der Waals surface area contributed by atoms with Crippen molar-refractivity contribution in [3.05, 3.63) is 87.1 Å². The fraction of sp³-hybridized carbons (Fsp3) is 0.250. The number of nitrogens with one attached hydrogen (secondary N) is 1. The van der Waals surface area contributed by atoms with Crippen LogP contribution >= 0.6 is 22.9 Å². The standard InChI is InChI=1S/C24H24ClF2N3O3S/c1-33-11-10-29(24(32)28-19-8-9-22(27)21(25)13-19)16-23(31)30(15-20-3-2-12-34-20)14-17-4-6-18(26)7-5-17/h2-9,12-13H,10-11,14-16H2,1H3,(H,28,32). The number of ether oxygens (including phenoxy) is 1. The van der Waals surface area contributed by atoms with Crippen molar-refractivity contribution in [3.63, 3.8) is 0 Å². The maximum Gasteiger partial charge on any atom is 0.322 e. The molecule has 3 aromatic rings. The summed E-state index contributed by atoms with van der Waals surface area (Å²) < 4.78 is 31.8. The molecule has 6 nitrogen and oxygen atoms in total. The van der Waals surface area contributed by atoms with Crippen LogP contribution in [-0.2, 0) is 22.6 Å². The highest BCUT2D eigenvalue weighted by Gasteiger charge is 2.22. The molecule has 3 amide bonds. The Kier molecular flexibility index (Phi) is 9.38. The molecule has 0 spiro atoms. The van der Waals surface area contributed by atoms with Gasteiger partial charge in [0.05, 0.1) is 18.2 Å². The lowest BCUT2D eigenvalue weighted by atomic mass is 10.2. The number of carbonyl (C=O) groups is 2. The zero-order valence-electron chi connectivity index (χ0n) is 18.5. The smallest absolute Gasteiger partial charge is 0.322 e. The summed E-state index contributed by atoms with van der Waals surface area (Å²) in [5.41, 5.74) is 1.06. The van der Waals surface area contributed by atoms with Crippen LogP contribution in [-0.4, -0.2) is 48.5 Å².